The summed E-state index contributed by atoms with van der Waals surface area (Å²) in [7, 11) is 0. The van der Waals surface area contributed by atoms with E-state index in [9.17, 15) is 23.4 Å². The van der Waals surface area contributed by atoms with Crippen LogP contribution in [0.15, 0.2) is 18.2 Å². The fraction of sp³-hybridized carbons (Fsp3) is 0.533. The predicted octanol–water partition coefficient (Wildman–Crippen LogP) is 2.76. The lowest BCUT2D eigenvalue weighted by atomic mass is 10.0. The lowest BCUT2D eigenvalue weighted by Crippen LogP contribution is -2.38. The number of halogens is 3. The number of rotatable bonds is 3. The van der Waals surface area contributed by atoms with Crippen LogP contribution in [0.2, 0.25) is 0 Å². The summed E-state index contributed by atoms with van der Waals surface area (Å²) in [6, 6.07) is 5.17. The number of aromatic hydroxyl groups is 1. The van der Waals surface area contributed by atoms with Crippen LogP contribution in [0.5, 0.6) is 5.75 Å². The minimum absolute atomic E-state index is 0.00700. The smallest absolute Gasteiger partial charge is 0.490 e. The van der Waals surface area contributed by atoms with Crippen molar-refractivity contribution in [3.05, 3.63) is 29.3 Å². The molecule has 0 aromatic heterocycles. The van der Waals surface area contributed by atoms with Crippen LogP contribution >= 0.6 is 0 Å². The van der Waals surface area contributed by atoms with Crippen LogP contribution < -0.4 is 5.32 Å². The Morgan fingerprint density at radius 3 is 2.09 bits per heavy atom. The summed E-state index contributed by atoms with van der Waals surface area (Å²) in [5.41, 5.74) is 1.60. The maximum atomic E-state index is 10.6. The molecule has 0 radical (unpaired) electrons. The van der Waals surface area contributed by atoms with Crippen molar-refractivity contribution in [3.8, 4) is 5.75 Å². The SMILES string of the molecule is Cc1cc(C(O)CNC(C)(C)C)ccc1O.O=C(O)C(F)(F)F. The molecule has 1 aromatic carbocycles. The van der Waals surface area contributed by atoms with Gasteiger partial charge < -0.3 is 20.6 Å². The summed E-state index contributed by atoms with van der Waals surface area (Å²) in [6.45, 7) is 8.50. The molecular weight excluding hydrogens is 315 g/mol. The highest BCUT2D eigenvalue weighted by atomic mass is 19.4. The maximum absolute atomic E-state index is 10.6. The van der Waals surface area contributed by atoms with Crippen molar-refractivity contribution in [3.63, 3.8) is 0 Å². The molecule has 0 aliphatic carbocycles. The molecule has 8 heteroatoms. The second kappa shape index (κ2) is 8.16. The highest BCUT2D eigenvalue weighted by Gasteiger charge is 2.38. The molecule has 5 nitrogen and oxygen atoms in total. The van der Waals surface area contributed by atoms with Gasteiger partial charge in [-0.3, -0.25) is 0 Å². The highest BCUT2D eigenvalue weighted by Crippen LogP contribution is 2.21. The van der Waals surface area contributed by atoms with Gasteiger partial charge in [0, 0.05) is 12.1 Å². The van der Waals surface area contributed by atoms with E-state index in [1.165, 1.54) is 0 Å². The first-order valence-electron chi connectivity index (χ1n) is 6.76. The van der Waals surface area contributed by atoms with Crippen molar-refractivity contribution in [2.45, 2.75) is 45.5 Å². The van der Waals surface area contributed by atoms with Gasteiger partial charge in [0.2, 0.25) is 0 Å². The number of aryl methyl sites for hydroxylation is 1. The summed E-state index contributed by atoms with van der Waals surface area (Å²) >= 11 is 0. The Labute approximate surface area is 132 Å². The van der Waals surface area contributed by atoms with Gasteiger partial charge in [-0.2, -0.15) is 13.2 Å². The monoisotopic (exact) mass is 337 g/mol. The number of nitrogens with one attached hydrogen (secondary N) is 1. The van der Waals surface area contributed by atoms with E-state index in [-0.39, 0.29) is 11.3 Å². The van der Waals surface area contributed by atoms with Crippen LogP contribution in [0.4, 0.5) is 13.2 Å². The first-order valence-corrected chi connectivity index (χ1v) is 6.76. The van der Waals surface area contributed by atoms with E-state index in [4.69, 9.17) is 9.90 Å². The molecular formula is C15H22F3NO4. The number of hydrogen-bond acceptors (Lipinski definition) is 4. The minimum Gasteiger partial charge on any atom is -0.508 e. The Bertz CT molecular complexity index is 524. The molecule has 0 amide bonds. The Morgan fingerprint density at radius 1 is 1.26 bits per heavy atom. The van der Waals surface area contributed by atoms with Crippen LogP contribution in [0.3, 0.4) is 0 Å². The molecule has 0 bridgehead atoms. The first kappa shape index (κ1) is 21.2. The van der Waals surface area contributed by atoms with Crippen LogP contribution in [-0.4, -0.2) is 39.5 Å². The summed E-state index contributed by atoms with van der Waals surface area (Å²) < 4.78 is 31.7. The molecule has 1 rings (SSSR count). The standard InChI is InChI=1S/C13H21NO2.C2HF3O2/c1-9-7-10(5-6-11(9)15)12(16)8-14-13(2,3)4;3-2(4,5)1(6)7/h5-7,12,14-16H,8H2,1-4H3;(H,6,7). The number of benzene rings is 1. The minimum atomic E-state index is -5.08. The van der Waals surface area contributed by atoms with E-state index in [2.05, 4.69) is 26.1 Å². The second-order valence-corrected chi connectivity index (χ2v) is 6.00. The molecule has 1 unspecified atom stereocenters. The van der Waals surface area contributed by atoms with Gasteiger partial charge in [0.05, 0.1) is 6.10 Å². The number of β-amino-alcohol motifs (C(OH)–C–C–N with tert-alkyl or cyclic N) is 1. The largest absolute Gasteiger partial charge is 0.508 e. The van der Waals surface area contributed by atoms with Gasteiger partial charge >= 0.3 is 12.1 Å². The number of phenolic OH excluding ortho intramolecular Hbond substituents is 1. The number of carbonyl (C=O) groups is 1. The van der Waals surface area contributed by atoms with E-state index in [1.54, 1.807) is 12.1 Å². The van der Waals surface area contributed by atoms with Gasteiger partial charge in [0.25, 0.3) is 0 Å². The summed E-state index contributed by atoms with van der Waals surface area (Å²) in [5.74, 6) is -2.49. The number of carboxylic acid groups (broad SMARTS) is 1. The molecule has 0 aliphatic rings. The average molecular weight is 337 g/mol. The van der Waals surface area contributed by atoms with Crippen molar-refractivity contribution in [2.24, 2.45) is 0 Å². The topological polar surface area (TPSA) is 89.8 Å². The van der Waals surface area contributed by atoms with Crippen molar-refractivity contribution in [1.82, 2.24) is 5.32 Å². The second-order valence-electron chi connectivity index (χ2n) is 6.00. The number of phenols is 1. The van der Waals surface area contributed by atoms with Gasteiger partial charge in [0.1, 0.15) is 5.75 Å². The van der Waals surface area contributed by atoms with Gasteiger partial charge in [0.15, 0.2) is 0 Å². The third-order valence-corrected chi connectivity index (χ3v) is 2.67. The third-order valence-electron chi connectivity index (χ3n) is 2.67. The number of hydrogen-bond donors (Lipinski definition) is 4. The molecule has 0 saturated heterocycles. The van der Waals surface area contributed by atoms with Gasteiger partial charge in [-0.25, -0.2) is 4.79 Å². The van der Waals surface area contributed by atoms with E-state index in [0.717, 1.165) is 11.1 Å². The Kier molecular flexibility index (Phi) is 7.53. The number of aliphatic hydroxyl groups is 1. The van der Waals surface area contributed by atoms with Crippen molar-refractivity contribution in [1.29, 1.82) is 0 Å². The molecule has 132 valence electrons. The molecule has 23 heavy (non-hydrogen) atoms. The molecule has 0 aliphatic heterocycles. The zero-order chi connectivity index (χ0) is 18.4. The zero-order valence-corrected chi connectivity index (χ0v) is 13.4. The van der Waals surface area contributed by atoms with Gasteiger partial charge in [-0.1, -0.05) is 6.07 Å². The van der Waals surface area contributed by atoms with Gasteiger partial charge in [-0.05, 0) is 51.0 Å². The lowest BCUT2D eigenvalue weighted by molar-refractivity contribution is -0.192. The van der Waals surface area contributed by atoms with E-state index in [1.807, 2.05) is 13.0 Å². The van der Waals surface area contributed by atoms with Crippen LogP contribution in [0, 0.1) is 6.92 Å². The van der Waals surface area contributed by atoms with E-state index in [0.29, 0.717) is 6.54 Å². The van der Waals surface area contributed by atoms with Crippen molar-refractivity contribution >= 4 is 5.97 Å². The Balaban J connectivity index is 0.000000585. The fourth-order valence-electron chi connectivity index (χ4n) is 1.41. The summed E-state index contributed by atoms with van der Waals surface area (Å²) in [6.07, 6.45) is -5.63. The van der Waals surface area contributed by atoms with Crippen LogP contribution in [-0.2, 0) is 4.79 Å². The first-order chi connectivity index (χ1) is 10.2. The molecule has 0 heterocycles. The summed E-state index contributed by atoms with van der Waals surface area (Å²) in [4.78, 5) is 8.90. The van der Waals surface area contributed by atoms with Gasteiger partial charge in [-0.15, -0.1) is 0 Å². The molecule has 1 atom stereocenters. The molecule has 0 fully saturated rings. The molecule has 4 N–H and O–H groups in total. The molecule has 0 spiro atoms. The highest BCUT2D eigenvalue weighted by molar-refractivity contribution is 5.73. The number of alkyl halides is 3. The normalized spacial score (nSPS) is 13.0. The van der Waals surface area contributed by atoms with E-state index >= 15 is 0 Å². The van der Waals surface area contributed by atoms with E-state index < -0.39 is 18.2 Å². The van der Waals surface area contributed by atoms with Crippen LogP contribution in [0.1, 0.15) is 38.0 Å². The van der Waals surface area contributed by atoms with Crippen molar-refractivity contribution in [2.75, 3.05) is 6.54 Å². The summed E-state index contributed by atoms with van der Waals surface area (Å²) in [5, 5.41) is 29.7. The zero-order valence-electron chi connectivity index (χ0n) is 13.4. The predicted molar refractivity (Wildman–Crippen MR) is 79.3 cm³/mol. The molecule has 0 saturated carbocycles. The quantitative estimate of drug-likeness (QED) is 0.681. The Hall–Kier alpha value is -1.80. The third kappa shape index (κ3) is 9.04. The number of aliphatic carboxylic acids is 1. The van der Waals surface area contributed by atoms with Crippen molar-refractivity contribution < 1.29 is 33.3 Å². The number of aliphatic hydroxyl groups excluding tert-OH is 1. The average Bonchev–Trinajstić information content (AvgIpc) is 2.38. The maximum Gasteiger partial charge on any atom is 0.490 e. The lowest BCUT2D eigenvalue weighted by Gasteiger charge is -2.23. The molecule has 1 aromatic rings. The Morgan fingerprint density at radius 2 is 1.74 bits per heavy atom. The fourth-order valence-corrected chi connectivity index (χ4v) is 1.41. The number of carboxylic acids is 1. The van der Waals surface area contributed by atoms with Crippen LogP contribution in [0.25, 0.3) is 0 Å².